The summed E-state index contributed by atoms with van der Waals surface area (Å²) in [5.41, 5.74) is 1.31. The van der Waals surface area contributed by atoms with Crippen LogP contribution < -0.4 is 16.0 Å². The molecule has 0 amide bonds. The molecule has 6 rings (SSSR count). The number of aromatic amines is 1. The Morgan fingerprint density at radius 1 is 0.902 bits per heavy atom. The maximum atomic E-state index is 12.6. The van der Waals surface area contributed by atoms with Crippen molar-refractivity contribution in [3.05, 3.63) is 153 Å². The molecule has 1 aliphatic heterocycles. The van der Waals surface area contributed by atoms with Crippen molar-refractivity contribution in [3.8, 4) is 5.75 Å². The van der Waals surface area contributed by atoms with Gasteiger partial charge in [0.2, 0.25) is 0 Å². The summed E-state index contributed by atoms with van der Waals surface area (Å²) >= 11 is 0. The minimum Gasteiger partial charge on any atom is -0.497 e. The van der Waals surface area contributed by atoms with Gasteiger partial charge in [0.05, 0.1) is 19.4 Å². The maximum absolute atomic E-state index is 12.6. The van der Waals surface area contributed by atoms with Crippen LogP contribution in [0.2, 0.25) is 0 Å². The van der Waals surface area contributed by atoms with Crippen molar-refractivity contribution in [2.75, 3.05) is 13.7 Å². The standard InChI is InChI=1S/C31H27N5O5/c1-39-25-14-12-24(13-15-25)31(22-8-4-2-5-9-22,23-10-6-3-7-11-23)40-19-27-26(36-21-32-20-33-36)18-29(41-27)35-17-16-28(37)34-30(35)38/h2-18,20-21,27,29H,19H2,1H3,(H,34,37,38)/t27-,29-/m1/s1. The van der Waals surface area contributed by atoms with Crippen LogP contribution in [0.15, 0.2) is 126 Å². The van der Waals surface area contributed by atoms with E-state index in [2.05, 4.69) is 15.1 Å². The third-order valence-corrected chi connectivity index (χ3v) is 7.06. The normalized spacial score (nSPS) is 16.9. The van der Waals surface area contributed by atoms with Crippen LogP contribution in [0, 0.1) is 0 Å². The Balaban J connectivity index is 1.43. The second-order valence-electron chi connectivity index (χ2n) is 9.42. The van der Waals surface area contributed by atoms with E-state index in [1.165, 1.54) is 23.2 Å². The fraction of sp³-hybridized carbons (Fsp3) is 0.161. The zero-order chi connectivity index (χ0) is 28.2. The number of nitrogens with zero attached hydrogens (tertiary/aromatic N) is 4. The number of hydrogen-bond acceptors (Lipinski definition) is 7. The van der Waals surface area contributed by atoms with Crippen LogP contribution in [0.3, 0.4) is 0 Å². The molecule has 0 saturated heterocycles. The van der Waals surface area contributed by atoms with Crippen LogP contribution >= 0.6 is 0 Å². The molecule has 3 heterocycles. The maximum Gasteiger partial charge on any atom is 0.330 e. The van der Waals surface area contributed by atoms with Gasteiger partial charge in [-0.25, -0.2) is 14.5 Å². The summed E-state index contributed by atoms with van der Waals surface area (Å²) in [7, 11) is 1.63. The summed E-state index contributed by atoms with van der Waals surface area (Å²) in [6.45, 7) is 0.0934. The molecule has 2 atom stereocenters. The van der Waals surface area contributed by atoms with Crippen molar-refractivity contribution in [2.45, 2.75) is 17.9 Å². The summed E-state index contributed by atoms with van der Waals surface area (Å²) in [6, 6.07) is 29.0. The van der Waals surface area contributed by atoms with Crippen LogP contribution in [0.4, 0.5) is 0 Å². The molecule has 0 aliphatic carbocycles. The SMILES string of the molecule is COc1ccc(C(OC[C@H]2O[C@@H](n3ccc(=O)[nH]c3=O)C=C2n2cncn2)(c2ccccc2)c2ccccc2)cc1. The average Bonchev–Trinajstić information content (AvgIpc) is 3.69. The molecule has 5 aromatic rings. The molecule has 206 valence electrons. The molecule has 3 aromatic carbocycles. The van der Waals surface area contributed by atoms with Gasteiger partial charge in [-0.05, 0) is 34.9 Å². The lowest BCUT2D eigenvalue weighted by Gasteiger charge is -2.37. The van der Waals surface area contributed by atoms with E-state index in [9.17, 15) is 9.59 Å². The molecule has 41 heavy (non-hydrogen) atoms. The second-order valence-corrected chi connectivity index (χ2v) is 9.42. The van der Waals surface area contributed by atoms with E-state index >= 15 is 0 Å². The van der Waals surface area contributed by atoms with Gasteiger partial charge in [0.1, 0.15) is 30.1 Å². The average molecular weight is 550 g/mol. The summed E-state index contributed by atoms with van der Waals surface area (Å²) in [5.74, 6) is 0.730. The van der Waals surface area contributed by atoms with Gasteiger partial charge >= 0.3 is 5.69 Å². The highest BCUT2D eigenvalue weighted by Gasteiger charge is 2.40. The lowest BCUT2D eigenvalue weighted by molar-refractivity contribution is -0.0673. The van der Waals surface area contributed by atoms with Crippen molar-refractivity contribution < 1.29 is 14.2 Å². The fourth-order valence-electron chi connectivity index (χ4n) is 5.12. The zero-order valence-electron chi connectivity index (χ0n) is 22.2. The molecular formula is C31H27N5O5. The number of benzene rings is 3. The van der Waals surface area contributed by atoms with Crippen molar-refractivity contribution in [1.82, 2.24) is 24.3 Å². The quantitative estimate of drug-likeness (QED) is 0.280. The van der Waals surface area contributed by atoms with Crippen LogP contribution in [-0.4, -0.2) is 44.1 Å². The van der Waals surface area contributed by atoms with Gasteiger partial charge in [-0.1, -0.05) is 72.8 Å². The van der Waals surface area contributed by atoms with E-state index in [-0.39, 0.29) is 6.61 Å². The number of methoxy groups -OCH3 is 1. The Kier molecular flexibility index (Phi) is 7.15. The minimum absolute atomic E-state index is 0.0934. The molecule has 1 aliphatic rings. The summed E-state index contributed by atoms with van der Waals surface area (Å²) in [6.07, 6.45) is 4.73. The molecule has 10 heteroatoms. The van der Waals surface area contributed by atoms with E-state index in [0.717, 1.165) is 22.4 Å². The van der Waals surface area contributed by atoms with Crippen LogP contribution in [0.5, 0.6) is 5.75 Å². The lowest BCUT2D eigenvalue weighted by Crippen LogP contribution is -2.37. The van der Waals surface area contributed by atoms with Gasteiger partial charge in [0, 0.05) is 12.3 Å². The Bertz CT molecular complexity index is 1710. The van der Waals surface area contributed by atoms with Gasteiger partial charge in [0.15, 0.2) is 6.23 Å². The number of ether oxygens (including phenoxy) is 3. The third-order valence-electron chi connectivity index (χ3n) is 7.06. The zero-order valence-corrected chi connectivity index (χ0v) is 22.2. The monoisotopic (exact) mass is 549 g/mol. The highest BCUT2D eigenvalue weighted by molar-refractivity contribution is 5.53. The smallest absolute Gasteiger partial charge is 0.330 e. The number of hydrogen-bond donors (Lipinski definition) is 1. The Hall–Kier alpha value is -5.06. The molecule has 0 unspecified atom stereocenters. The molecular weight excluding hydrogens is 522 g/mol. The van der Waals surface area contributed by atoms with Crippen molar-refractivity contribution in [3.63, 3.8) is 0 Å². The third kappa shape index (κ3) is 5.02. The first-order valence-corrected chi connectivity index (χ1v) is 13.0. The second kappa shape index (κ2) is 11.2. The Morgan fingerprint density at radius 3 is 2.15 bits per heavy atom. The van der Waals surface area contributed by atoms with Crippen LogP contribution in [0.25, 0.3) is 5.70 Å². The van der Waals surface area contributed by atoms with E-state index in [0.29, 0.717) is 5.70 Å². The van der Waals surface area contributed by atoms with E-state index in [4.69, 9.17) is 14.2 Å². The van der Waals surface area contributed by atoms with E-state index in [1.807, 2.05) is 84.9 Å². The molecule has 0 radical (unpaired) electrons. The predicted octanol–water partition coefficient (Wildman–Crippen LogP) is 3.58. The largest absolute Gasteiger partial charge is 0.497 e. The van der Waals surface area contributed by atoms with Crippen LogP contribution in [-0.2, 0) is 15.1 Å². The van der Waals surface area contributed by atoms with Crippen molar-refractivity contribution in [1.29, 1.82) is 0 Å². The Labute approximate surface area is 235 Å². The summed E-state index contributed by atoms with van der Waals surface area (Å²) < 4.78 is 21.7. The number of aromatic nitrogens is 5. The first-order chi connectivity index (χ1) is 20.1. The van der Waals surface area contributed by atoms with Crippen molar-refractivity contribution in [2.24, 2.45) is 0 Å². The highest BCUT2D eigenvalue weighted by atomic mass is 16.6. The fourth-order valence-corrected chi connectivity index (χ4v) is 5.12. The van der Waals surface area contributed by atoms with Gasteiger partial charge in [-0.2, -0.15) is 5.10 Å². The lowest BCUT2D eigenvalue weighted by atomic mass is 9.80. The topological polar surface area (TPSA) is 113 Å². The highest BCUT2D eigenvalue weighted by Crippen LogP contribution is 2.42. The molecule has 2 aromatic heterocycles. The first-order valence-electron chi connectivity index (χ1n) is 13.0. The molecule has 0 saturated carbocycles. The molecule has 0 fully saturated rings. The summed E-state index contributed by atoms with van der Waals surface area (Å²) in [5, 5.41) is 4.29. The predicted molar refractivity (Wildman–Crippen MR) is 151 cm³/mol. The molecule has 10 nitrogen and oxygen atoms in total. The van der Waals surface area contributed by atoms with E-state index < -0.39 is 29.2 Å². The number of nitrogens with one attached hydrogen (secondary N) is 1. The van der Waals surface area contributed by atoms with Gasteiger partial charge < -0.3 is 14.2 Å². The van der Waals surface area contributed by atoms with Crippen molar-refractivity contribution >= 4 is 5.70 Å². The number of rotatable bonds is 9. The molecule has 1 N–H and O–H groups in total. The van der Waals surface area contributed by atoms with Crippen LogP contribution in [0.1, 0.15) is 22.9 Å². The molecule has 0 spiro atoms. The minimum atomic E-state index is -1.02. The first kappa shape index (κ1) is 26.2. The summed E-state index contributed by atoms with van der Waals surface area (Å²) in [4.78, 5) is 30.6. The molecule has 0 bridgehead atoms. The van der Waals surface area contributed by atoms with Gasteiger partial charge in [-0.3, -0.25) is 14.3 Å². The Morgan fingerprint density at radius 2 is 1.56 bits per heavy atom. The number of H-pyrrole nitrogens is 1. The van der Waals surface area contributed by atoms with Gasteiger partial charge in [-0.15, -0.1) is 0 Å². The van der Waals surface area contributed by atoms with E-state index in [1.54, 1.807) is 24.2 Å². The van der Waals surface area contributed by atoms with Gasteiger partial charge in [0.25, 0.3) is 5.56 Å².